The summed E-state index contributed by atoms with van der Waals surface area (Å²) in [6.07, 6.45) is 2.85. The SMILES string of the molecule is N#CC(=CNc1ccc(Cl)cn1)C(=O)c1cccc(CSc2ccccc2)c1. The van der Waals surface area contributed by atoms with Gasteiger partial charge in [-0.2, -0.15) is 5.26 Å². The highest BCUT2D eigenvalue weighted by Gasteiger charge is 2.13. The standard InChI is InChI=1S/C22H16ClN3OS/c23-19-9-10-21(26-14-19)25-13-18(12-24)22(27)17-6-4-5-16(11-17)15-28-20-7-2-1-3-8-20/h1-11,13-14H,15H2,(H,25,26). The molecular formula is C22H16ClN3OS. The molecule has 0 atom stereocenters. The van der Waals surface area contributed by atoms with Gasteiger partial charge in [0.1, 0.15) is 17.5 Å². The molecule has 0 aliphatic rings. The normalized spacial score (nSPS) is 10.9. The van der Waals surface area contributed by atoms with E-state index in [1.54, 1.807) is 30.0 Å². The second kappa shape index (κ2) is 9.75. The first-order valence-corrected chi connectivity index (χ1v) is 9.82. The zero-order valence-corrected chi connectivity index (χ0v) is 16.4. The Bertz CT molecular complexity index is 1030. The number of ketones is 1. The summed E-state index contributed by atoms with van der Waals surface area (Å²) in [6, 6.07) is 22.7. The first-order valence-electron chi connectivity index (χ1n) is 8.45. The number of halogens is 1. The van der Waals surface area contributed by atoms with Gasteiger partial charge in [0, 0.05) is 28.6 Å². The monoisotopic (exact) mass is 405 g/mol. The number of carbonyl (C=O) groups excluding carboxylic acids is 1. The minimum atomic E-state index is -0.337. The van der Waals surface area contributed by atoms with Crippen LogP contribution in [-0.4, -0.2) is 10.8 Å². The molecule has 28 heavy (non-hydrogen) atoms. The molecule has 1 N–H and O–H groups in total. The number of Topliss-reactive ketones (excluding diaryl/α,β-unsaturated/α-hetero) is 1. The summed E-state index contributed by atoms with van der Waals surface area (Å²) in [5.74, 6) is 0.900. The van der Waals surface area contributed by atoms with E-state index >= 15 is 0 Å². The summed E-state index contributed by atoms with van der Waals surface area (Å²) in [4.78, 5) is 17.9. The van der Waals surface area contributed by atoms with E-state index in [1.165, 1.54) is 12.4 Å². The molecule has 0 aliphatic heterocycles. The van der Waals surface area contributed by atoms with Crippen LogP contribution < -0.4 is 5.32 Å². The van der Waals surface area contributed by atoms with Crippen LogP contribution in [0.4, 0.5) is 5.82 Å². The molecule has 0 saturated heterocycles. The summed E-state index contributed by atoms with van der Waals surface area (Å²) in [7, 11) is 0. The Balaban J connectivity index is 1.70. The first kappa shape index (κ1) is 19.7. The number of thioether (sulfide) groups is 1. The number of anilines is 1. The number of pyridine rings is 1. The number of nitrogens with one attached hydrogen (secondary N) is 1. The van der Waals surface area contributed by atoms with Gasteiger partial charge in [-0.25, -0.2) is 4.98 Å². The molecule has 1 heterocycles. The lowest BCUT2D eigenvalue weighted by molar-refractivity contribution is 0.103. The molecule has 0 aliphatic carbocycles. The zero-order valence-electron chi connectivity index (χ0n) is 14.8. The van der Waals surface area contributed by atoms with Crippen molar-refractivity contribution >= 4 is 35.0 Å². The van der Waals surface area contributed by atoms with Crippen LogP contribution in [-0.2, 0) is 5.75 Å². The van der Waals surface area contributed by atoms with Gasteiger partial charge < -0.3 is 5.32 Å². The molecule has 0 bridgehead atoms. The van der Waals surface area contributed by atoms with Gasteiger partial charge in [0.2, 0.25) is 5.78 Å². The molecule has 1 aromatic heterocycles. The number of hydrogen-bond acceptors (Lipinski definition) is 5. The minimum Gasteiger partial charge on any atom is -0.345 e. The number of carbonyl (C=O) groups is 1. The van der Waals surface area contributed by atoms with Crippen LogP contribution in [0.1, 0.15) is 15.9 Å². The summed E-state index contributed by atoms with van der Waals surface area (Å²) in [6.45, 7) is 0. The van der Waals surface area contributed by atoms with Gasteiger partial charge in [-0.3, -0.25) is 4.79 Å². The number of rotatable bonds is 7. The Labute approximate surface area is 172 Å². The number of nitrogens with zero attached hydrogens (tertiary/aromatic N) is 2. The van der Waals surface area contributed by atoms with E-state index in [9.17, 15) is 10.1 Å². The predicted octanol–water partition coefficient (Wildman–Crippen LogP) is 5.73. The molecule has 0 unspecified atom stereocenters. The Morgan fingerprint density at radius 1 is 1.14 bits per heavy atom. The van der Waals surface area contributed by atoms with Crippen LogP contribution in [0.2, 0.25) is 5.02 Å². The van der Waals surface area contributed by atoms with Crippen molar-refractivity contribution < 1.29 is 4.79 Å². The van der Waals surface area contributed by atoms with E-state index in [2.05, 4.69) is 10.3 Å². The molecule has 3 aromatic rings. The van der Waals surface area contributed by atoms with E-state index in [1.807, 2.05) is 54.6 Å². The molecule has 2 aromatic carbocycles. The molecule has 4 nitrogen and oxygen atoms in total. The van der Waals surface area contributed by atoms with Crippen molar-refractivity contribution in [1.29, 1.82) is 5.26 Å². The van der Waals surface area contributed by atoms with E-state index in [0.29, 0.717) is 16.4 Å². The summed E-state index contributed by atoms with van der Waals surface area (Å²) >= 11 is 7.49. The third-order valence-corrected chi connectivity index (χ3v) is 5.10. The average molecular weight is 406 g/mol. The summed E-state index contributed by atoms with van der Waals surface area (Å²) < 4.78 is 0. The maximum atomic E-state index is 12.7. The molecule has 0 radical (unpaired) electrons. The van der Waals surface area contributed by atoms with Crippen molar-refractivity contribution in [3.63, 3.8) is 0 Å². The molecule has 6 heteroatoms. The van der Waals surface area contributed by atoms with Gasteiger partial charge in [0.25, 0.3) is 0 Å². The second-order valence-corrected chi connectivity index (χ2v) is 7.29. The third-order valence-electron chi connectivity index (χ3n) is 3.79. The molecule has 3 rings (SSSR count). The summed E-state index contributed by atoms with van der Waals surface area (Å²) in [5.41, 5.74) is 1.50. The van der Waals surface area contributed by atoms with Crippen molar-refractivity contribution in [2.45, 2.75) is 10.6 Å². The Kier molecular flexibility index (Phi) is 6.85. The highest BCUT2D eigenvalue weighted by molar-refractivity contribution is 7.98. The first-order chi connectivity index (χ1) is 13.7. The molecule has 0 saturated carbocycles. The average Bonchev–Trinajstić information content (AvgIpc) is 2.75. The topological polar surface area (TPSA) is 65.8 Å². The van der Waals surface area contributed by atoms with Gasteiger partial charge in [-0.1, -0.05) is 48.0 Å². The van der Waals surface area contributed by atoms with Crippen molar-refractivity contribution in [2.75, 3.05) is 5.32 Å². The van der Waals surface area contributed by atoms with Gasteiger partial charge in [0.15, 0.2) is 0 Å². The predicted molar refractivity (Wildman–Crippen MR) is 113 cm³/mol. The fourth-order valence-electron chi connectivity index (χ4n) is 2.40. The maximum Gasteiger partial charge on any atom is 0.205 e. The number of aromatic nitrogens is 1. The smallest absolute Gasteiger partial charge is 0.205 e. The van der Waals surface area contributed by atoms with Crippen LogP contribution >= 0.6 is 23.4 Å². The molecule has 138 valence electrons. The fraction of sp³-hybridized carbons (Fsp3) is 0.0455. The lowest BCUT2D eigenvalue weighted by atomic mass is 10.0. The van der Waals surface area contributed by atoms with Crippen molar-refractivity contribution in [1.82, 2.24) is 4.98 Å². The lowest BCUT2D eigenvalue weighted by Gasteiger charge is -2.05. The molecule has 0 fully saturated rings. The van der Waals surface area contributed by atoms with Crippen molar-refractivity contribution in [3.05, 3.63) is 101 Å². The highest BCUT2D eigenvalue weighted by atomic mass is 35.5. The molecule has 0 spiro atoms. The zero-order chi connectivity index (χ0) is 19.8. The third kappa shape index (κ3) is 5.46. The van der Waals surface area contributed by atoms with Crippen LogP contribution in [0.15, 0.2) is 89.6 Å². The number of nitriles is 1. The Morgan fingerprint density at radius 3 is 2.68 bits per heavy atom. The number of allylic oxidation sites excluding steroid dienone is 1. The van der Waals surface area contributed by atoms with Gasteiger partial charge in [0.05, 0.1) is 5.02 Å². The Morgan fingerprint density at radius 2 is 1.96 bits per heavy atom. The largest absolute Gasteiger partial charge is 0.345 e. The minimum absolute atomic E-state index is 0.00427. The van der Waals surface area contributed by atoms with Crippen molar-refractivity contribution in [2.24, 2.45) is 0 Å². The van der Waals surface area contributed by atoms with Gasteiger partial charge in [-0.15, -0.1) is 11.8 Å². The van der Waals surface area contributed by atoms with Crippen LogP contribution in [0.25, 0.3) is 0 Å². The van der Waals surface area contributed by atoms with E-state index in [-0.39, 0.29) is 11.4 Å². The number of hydrogen-bond donors (Lipinski definition) is 1. The van der Waals surface area contributed by atoms with Gasteiger partial charge in [-0.05, 0) is 35.9 Å². The van der Waals surface area contributed by atoms with Gasteiger partial charge >= 0.3 is 0 Å². The molecule has 0 amide bonds. The summed E-state index contributed by atoms with van der Waals surface area (Å²) in [5, 5.41) is 12.7. The quantitative estimate of drug-likeness (QED) is 0.235. The second-order valence-electron chi connectivity index (χ2n) is 5.81. The lowest BCUT2D eigenvalue weighted by Crippen LogP contribution is -2.05. The maximum absolute atomic E-state index is 12.7. The Hall–Kier alpha value is -3.07. The van der Waals surface area contributed by atoms with E-state index in [4.69, 9.17) is 11.6 Å². The fourth-order valence-corrected chi connectivity index (χ4v) is 3.37. The highest BCUT2D eigenvalue weighted by Crippen LogP contribution is 2.23. The van der Waals surface area contributed by atoms with Crippen LogP contribution in [0.3, 0.4) is 0 Å². The van der Waals surface area contributed by atoms with E-state index in [0.717, 1.165) is 16.2 Å². The number of benzene rings is 2. The molecular weight excluding hydrogens is 390 g/mol. The van der Waals surface area contributed by atoms with E-state index < -0.39 is 0 Å². The van der Waals surface area contributed by atoms with Crippen LogP contribution in [0, 0.1) is 11.3 Å². The van der Waals surface area contributed by atoms with Crippen molar-refractivity contribution in [3.8, 4) is 6.07 Å². The van der Waals surface area contributed by atoms with Crippen LogP contribution in [0.5, 0.6) is 0 Å².